The first-order chi connectivity index (χ1) is 5.31. The lowest BCUT2D eigenvalue weighted by atomic mass is 8.96. The van der Waals surface area contributed by atoms with Gasteiger partial charge in [-0.15, -0.1) is 12.4 Å². The topological polar surface area (TPSA) is 26.0 Å². The molecule has 0 spiro atoms. The molecule has 6 rings (SSSR count). The van der Waals surface area contributed by atoms with Crippen LogP contribution in [0.5, 0.6) is 0 Å². The Labute approximate surface area is 78.5 Å². The lowest BCUT2D eigenvalue weighted by Gasteiger charge is -3.08. The molecule has 66 valence electrons. The van der Waals surface area contributed by atoms with E-state index in [1.165, 1.54) is 23.7 Å². The highest BCUT2D eigenvalue weighted by Crippen LogP contribution is 3.06. The molecule has 2 N–H and O–H groups in total. The number of hydrogen-bond donors (Lipinski definition) is 1. The number of halogens is 1. The summed E-state index contributed by atoms with van der Waals surface area (Å²) in [5.41, 5.74) is 6.83. The van der Waals surface area contributed by atoms with Gasteiger partial charge in [-0.25, -0.2) is 0 Å². The van der Waals surface area contributed by atoms with Crippen LogP contribution in [0.4, 0.5) is 0 Å². The van der Waals surface area contributed by atoms with E-state index in [-0.39, 0.29) is 12.4 Å². The van der Waals surface area contributed by atoms with E-state index in [1.54, 1.807) is 0 Å². The van der Waals surface area contributed by atoms with Crippen molar-refractivity contribution in [1.29, 1.82) is 0 Å². The highest BCUT2D eigenvalue weighted by atomic mass is 35.5. The third kappa shape index (κ3) is 0.242. The van der Waals surface area contributed by atoms with Gasteiger partial charge in [0.05, 0.1) is 0 Å². The maximum atomic E-state index is 6.09. The fraction of sp³-hybridized carbons (Fsp3) is 1.00. The lowest BCUT2D eigenvalue weighted by molar-refractivity contribution is -0.617. The van der Waals surface area contributed by atoms with Crippen LogP contribution in [0.15, 0.2) is 0 Å². The van der Waals surface area contributed by atoms with Crippen LogP contribution in [0.2, 0.25) is 0 Å². The second-order valence-electron chi connectivity index (χ2n) is 5.68. The van der Waals surface area contributed by atoms with E-state index in [0.717, 1.165) is 23.2 Å². The minimum atomic E-state index is 0. The van der Waals surface area contributed by atoms with Gasteiger partial charge in [0.15, 0.2) is 0 Å². The van der Waals surface area contributed by atoms with Gasteiger partial charge in [-0.1, -0.05) is 0 Å². The molecule has 1 atom stereocenters. The van der Waals surface area contributed by atoms with Gasteiger partial charge >= 0.3 is 0 Å². The number of hydrogen-bond acceptors (Lipinski definition) is 1. The average Bonchev–Trinajstić information content (AvgIpc) is 2.05. The van der Waals surface area contributed by atoms with Crippen LogP contribution >= 0.6 is 12.4 Å². The largest absolute Gasteiger partial charge is 0.327 e. The summed E-state index contributed by atoms with van der Waals surface area (Å²) in [6, 6.07) is 0.521. The maximum Gasteiger partial charge on any atom is 0.00756 e. The highest BCUT2D eigenvalue weighted by Gasteiger charge is 3.04. The normalized spacial score (nSPS) is 84.0. The minimum Gasteiger partial charge on any atom is -0.327 e. The van der Waals surface area contributed by atoms with Crippen molar-refractivity contribution >= 4 is 12.4 Å². The van der Waals surface area contributed by atoms with E-state index in [2.05, 4.69) is 6.92 Å². The van der Waals surface area contributed by atoms with Crippen molar-refractivity contribution in [2.45, 2.75) is 13.0 Å². The van der Waals surface area contributed by atoms with Crippen LogP contribution in [0.1, 0.15) is 6.92 Å². The predicted octanol–water partition coefficient (Wildman–Crippen LogP) is 1.12. The molecule has 6 aliphatic carbocycles. The average molecular weight is 184 g/mol. The quantitative estimate of drug-likeness (QED) is 0.648. The van der Waals surface area contributed by atoms with Crippen molar-refractivity contribution in [3.05, 3.63) is 0 Å². The number of nitrogens with two attached hydrogens (primary N) is 1. The first kappa shape index (κ1) is 6.67. The third-order valence-electron chi connectivity index (χ3n) is 6.34. The van der Waals surface area contributed by atoms with Crippen molar-refractivity contribution in [1.82, 2.24) is 0 Å². The first-order valence-electron chi connectivity index (χ1n) is 5.07. The second kappa shape index (κ2) is 1.29. The maximum absolute atomic E-state index is 6.09. The molecule has 0 amide bonds. The van der Waals surface area contributed by atoms with Crippen molar-refractivity contribution < 1.29 is 0 Å². The summed E-state index contributed by atoms with van der Waals surface area (Å²) in [5, 5.41) is 0. The Morgan fingerprint density at radius 1 is 1.00 bits per heavy atom. The molecule has 12 heavy (non-hydrogen) atoms. The summed E-state index contributed by atoms with van der Waals surface area (Å²) < 4.78 is 0. The molecule has 0 aromatic carbocycles. The molecule has 0 radical (unpaired) electrons. The van der Waals surface area contributed by atoms with Crippen molar-refractivity contribution in [2.24, 2.45) is 52.6 Å². The van der Waals surface area contributed by atoms with Gasteiger partial charge in [0, 0.05) is 6.04 Å². The van der Waals surface area contributed by atoms with E-state index in [1.807, 2.05) is 0 Å². The molecule has 1 nitrogen and oxygen atoms in total. The monoisotopic (exact) mass is 183 g/mol. The van der Waals surface area contributed by atoms with Crippen LogP contribution in [-0.4, -0.2) is 6.04 Å². The molecule has 0 heterocycles. The van der Waals surface area contributed by atoms with E-state index in [0.29, 0.717) is 6.04 Å². The van der Waals surface area contributed by atoms with Crippen molar-refractivity contribution in [3.63, 3.8) is 0 Å². The molecule has 0 aromatic rings. The van der Waals surface area contributed by atoms with E-state index >= 15 is 0 Å². The molecule has 0 saturated heterocycles. The molecule has 6 aliphatic rings. The summed E-state index contributed by atoms with van der Waals surface area (Å²) in [6.45, 7) is 2.25. The molecule has 0 aliphatic heterocycles. The summed E-state index contributed by atoms with van der Waals surface area (Å²) in [6.07, 6.45) is 0. The third-order valence-corrected chi connectivity index (χ3v) is 6.34. The Kier molecular flexibility index (Phi) is 0.718. The van der Waals surface area contributed by atoms with Gasteiger partial charge in [0.2, 0.25) is 0 Å². The Morgan fingerprint density at radius 2 is 1.42 bits per heavy atom. The predicted molar refractivity (Wildman–Crippen MR) is 47.8 cm³/mol. The SMILES string of the molecule is C[C@@H](N)C12C3C4C5C3C1C5C42.Cl. The van der Waals surface area contributed by atoms with Crippen molar-refractivity contribution in [3.8, 4) is 0 Å². The van der Waals surface area contributed by atoms with Crippen molar-refractivity contribution in [2.75, 3.05) is 0 Å². The zero-order valence-electron chi connectivity index (χ0n) is 7.10. The fourth-order valence-corrected chi connectivity index (χ4v) is 6.43. The van der Waals surface area contributed by atoms with E-state index in [4.69, 9.17) is 5.73 Å². The lowest BCUT2D eigenvalue weighted by Crippen LogP contribution is -3.07. The van der Waals surface area contributed by atoms with Gasteiger partial charge in [0.1, 0.15) is 0 Å². The smallest absolute Gasteiger partial charge is 0.00756 e. The molecule has 0 bridgehead atoms. The fourth-order valence-electron chi connectivity index (χ4n) is 6.43. The summed E-state index contributed by atoms with van der Waals surface area (Å²) >= 11 is 0. The van der Waals surface area contributed by atoms with Crippen LogP contribution in [0.25, 0.3) is 0 Å². The Morgan fingerprint density at radius 3 is 1.67 bits per heavy atom. The Bertz CT molecular complexity index is 247. The second-order valence-corrected chi connectivity index (χ2v) is 5.68. The van der Waals surface area contributed by atoms with Gasteiger partial charge in [-0.3, -0.25) is 0 Å². The first-order valence-corrected chi connectivity index (χ1v) is 5.07. The van der Waals surface area contributed by atoms with E-state index in [9.17, 15) is 0 Å². The molecule has 0 unspecified atom stereocenters. The zero-order chi connectivity index (χ0) is 7.12. The van der Waals surface area contributed by atoms with Crippen LogP contribution in [0.3, 0.4) is 0 Å². The molecule has 6 fully saturated rings. The zero-order valence-corrected chi connectivity index (χ0v) is 7.92. The molecule has 0 aromatic heterocycles. The molecular formula is C10H14ClN. The molecular weight excluding hydrogens is 170 g/mol. The summed E-state index contributed by atoms with van der Waals surface area (Å²) in [7, 11) is 0. The van der Waals surface area contributed by atoms with E-state index < -0.39 is 0 Å². The van der Waals surface area contributed by atoms with Crippen LogP contribution in [-0.2, 0) is 0 Å². The van der Waals surface area contributed by atoms with Gasteiger partial charge in [0.25, 0.3) is 0 Å². The standard InChI is InChI=1S/C10H13N.ClH/c1-2(11)10-7-4-3-5(7)9(10)6(3)8(4)10;/h2-9H,11H2,1H3;1H/t2-,3?,4?,5?,6?,7?,8?,9?,10?;/m1./s1. The highest BCUT2D eigenvalue weighted by molar-refractivity contribution is 5.85. The molecule has 2 heteroatoms. The van der Waals surface area contributed by atoms with Gasteiger partial charge in [-0.2, -0.15) is 0 Å². The Hall–Kier alpha value is 0.250. The van der Waals surface area contributed by atoms with Gasteiger partial charge in [-0.05, 0) is 53.8 Å². The molecule has 6 saturated carbocycles. The Balaban J connectivity index is 0.000000450. The summed E-state index contributed by atoms with van der Waals surface area (Å²) in [4.78, 5) is 0. The number of rotatable bonds is 1. The van der Waals surface area contributed by atoms with Crippen LogP contribution in [0, 0.1) is 46.8 Å². The van der Waals surface area contributed by atoms with Gasteiger partial charge < -0.3 is 5.73 Å². The summed E-state index contributed by atoms with van der Waals surface area (Å²) in [5.74, 6) is 8.31. The minimum absolute atomic E-state index is 0. The van der Waals surface area contributed by atoms with Crippen LogP contribution < -0.4 is 5.73 Å².